The molecule has 0 radical (unpaired) electrons. The first kappa shape index (κ1) is 10.0. The van der Waals surface area contributed by atoms with Gasteiger partial charge in [0, 0.05) is 6.20 Å². The van der Waals surface area contributed by atoms with E-state index in [2.05, 4.69) is 20.4 Å². The van der Waals surface area contributed by atoms with Gasteiger partial charge in [-0.1, -0.05) is 6.07 Å². The van der Waals surface area contributed by atoms with Crippen LogP contribution in [0.25, 0.3) is 11.0 Å². The van der Waals surface area contributed by atoms with Gasteiger partial charge in [-0.2, -0.15) is 15.4 Å². The molecule has 0 spiro atoms. The summed E-state index contributed by atoms with van der Waals surface area (Å²) >= 11 is 0. The third-order valence-electron chi connectivity index (χ3n) is 1.91. The summed E-state index contributed by atoms with van der Waals surface area (Å²) in [6.07, 6.45) is 1.66. The van der Waals surface area contributed by atoms with E-state index in [4.69, 9.17) is 10.2 Å². The molecule has 2 heterocycles. The molecule has 4 N–H and O–H groups in total. The van der Waals surface area contributed by atoms with E-state index in [1.165, 1.54) is 0 Å². The maximum absolute atomic E-state index is 9.14. The maximum Gasteiger partial charge on any atom is 0.188 e. The fourth-order valence-electron chi connectivity index (χ4n) is 1.17. The zero-order valence-electron chi connectivity index (χ0n) is 8.25. The van der Waals surface area contributed by atoms with E-state index in [-0.39, 0.29) is 11.6 Å². The van der Waals surface area contributed by atoms with Crippen molar-refractivity contribution in [2.24, 2.45) is 0 Å². The third kappa shape index (κ3) is 2.11. The summed E-state index contributed by atoms with van der Waals surface area (Å²) in [5, 5.41) is 27.5. The van der Waals surface area contributed by atoms with Gasteiger partial charge in [0.1, 0.15) is 11.3 Å². The van der Waals surface area contributed by atoms with Crippen LogP contribution in [0.2, 0.25) is 0 Å². The molecule has 0 aliphatic rings. The Kier molecular flexibility index (Phi) is 2.73. The van der Waals surface area contributed by atoms with Crippen LogP contribution in [0.4, 0.5) is 0 Å². The van der Waals surface area contributed by atoms with Crippen molar-refractivity contribution in [2.75, 3.05) is 0 Å². The largest absolute Gasteiger partial charge is 0.506 e. The molecule has 6 heteroatoms. The number of aromatic hydroxyl groups is 2. The van der Waals surface area contributed by atoms with Gasteiger partial charge in [-0.15, -0.1) is 0 Å². The fraction of sp³-hybridized carbons (Fsp3) is 0. The van der Waals surface area contributed by atoms with E-state index in [0.29, 0.717) is 11.0 Å². The summed E-state index contributed by atoms with van der Waals surface area (Å²) in [5.74, 6) is 0.376. The molecule has 6 nitrogen and oxygen atoms in total. The SMILES string of the molecule is Oc1ccc[nH]1.Oc1cccc2n[nH]nc12. The Morgan fingerprint density at radius 2 is 1.88 bits per heavy atom. The number of phenols is 1. The molecule has 0 saturated heterocycles. The van der Waals surface area contributed by atoms with Crippen molar-refractivity contribution in [1.82, 2.24) is 20.4 Å². The molecule has 1 aromatic carbocycles. The molecule has 0 unspecified atom stereocenters. The Labute approximate surface area is 90.6 Å². The first-order valence-electron chi connectivity index (χ1n) is 4.58. The van der Waals surface area contributed by atoms with Gasteiger partial charge in [0.2, 0.25) is 0 Å². The first-order chi connectivity index (χ1) is 7.77. The van der Waals surface area contributed by atoms with Crippen molar-refractivity contribution in [2.45, 2.75) is 0 Å². The normalized spacial score (nSPS) is 9.75. The Balaban J connectivity index is 0.000000138. The van der Waals surface area contributed by atoms with E-state index in [9.17, 15) is 0 Å². The topological polar surface area (TPSA) is 97.8 Å². The van der Waals surface area contributed by atoms with Gasteiger partial charge in [0.05, 0.1) is 0 Å². The lowest BCUT2D eigenvalue weighted by atomic mass is 10.3. The third-order valence-corrected chi connectivity index (χ3v) is 1.91. The monoisotopic (exact) mass is 218 g/mol. The number of phenolic OH excluding ortho intramolecular Hbond substituents is 1. The summed E-state index contributed by atoms with van der Waals surface area (Å²) in [6.45, 7) is 0. The number of aromatic amines is 2. The number of hydrogen-bond acceptors (Lipinski definition) is 4. The maximum atomic E-state index is 9.14. The van der Waals surface area contributed by atoms with Crippen LogP contribution in [0.1, 0.15) is 0 Å². The van der Waals surface area contributed by atoms with Crippen LogP contribution in [0.5, 0.6) is 11.6 Å². The summed E-state index contributed by atoms with van der Waals surface area (Å²) in [6, 6.07) is 8.39. The van der Waals surface area contributed by atoms with Gasteiger partial charge in [-0.3, -0.25) is 0 Å². The highest BCUT2D eigenvalue weighted by atomic mass is 16.3. The lowest BCUT2D eigenvalue weighted by molar-refractivity contribution is 0.457. The molecular weight excluding hydrogens is 208 g/mol. The Morgan fingerprint density at radius 3 is 2.44 bits per heavy atom. The van der Waals surface area contributed by atoms with Gasteiger partial charge in [0.25, 0.3) is 0 Å². The molecule has 3 rings (SSSR count). The molecule has 2 aromatic heterocycles. The molecule has 0 aliphatic carbocycles. The van der Waals surface area contributed by atoms with Gasteiger partial charge in [0.15, 0.2) is 11.4 Å². The average molecular weight is 218 g/mol. The number of benzene rings is 1. The smallest absolute Gasteiger partial charge is 0.188 e. The molecule has 82 valence electrons. The van der Waals surface area contributed by atoms with E-state index in [0.717, 1.165) is 0 Å². The highest BCUT2D eigenvalue weighted by Crippen LogP contribution is 2.18. The van der Waals surface area contributed by atoms with Crippen LogP contribution in [-0.4, -0.2) is 30.6 Å². The molecule has 16 heavy (non-hydrogen) atoms. The predicted octanol–water partition coefficient (Wildman–Crippen LogP) is 1.38. The van der Waals surface area contributed by atoms with E-state index in [1.807, 2.05) is 0 Å². The lowest BCUT2D eigenvalue weighted by Gasteiger charge is -1.87. The molecule has 0 atom stereocenters. The summed E-state index contributed by atoms with van der Waals surface area (Å²) in [5.41, 5.74) is 1.20. The van der Waals surface area contributed by atoms with Crippen molar-refractivity contribution in [3.63, 3.8) is 0 Å². The quantitative estimate of drug-likeness (QED) is 0.458. The molecule has 3 aromatic rings. The van der Waals surface area contributed by atoms with E-state index < -0.39 is 0 Å². The second-order valence-electron chi connectivity index (χ2n) is 3.02. The Hall–Kier alpha value is -2.50. The second kappa shape index (κ2) is 4.35. The number of fused-ring (bicyclic) bond motifs is 1. The highest BCUT2D eigenvalue weighted by Gasteiger charge is 1.99. The van der Waals surface area contributed by atoms with Crippen molar-refractivity contribution in [1.29, 1.82) is 0 Å². The average Bonchev–Trinajstić information content (AvgIpc) is 2.90. The summed E-state index contributed by atoms with van der Waals surface area (Å²) < 4.78 is 0. The number of rotatable bonds is 0. The highest BCUT2D eigenvalue weighted by molar-refractivity contribution is 5.79. The summed E-state index contributed by atoms with van der Waals surface area (Å²) in [7, 11) is 0. The zero-order valence-corrected chi connectivity index (χ0v) is 8.25. The minimum atomic E-state index is 0.159. The molecule has 0 bridgehead atoms. The van der Waals surface area contributed by atoms with Crippen LogP contribution in [-0.2, 0) is 0 Å². The summed E-state index contributed by atoms with van der Waals surface area (Å²) in [4.78, 5) is 2.56. The van der Waals surface area contributed by atoms with Gasteiger partial charge >= 0.3 is 0 Å². The van der Waals surface area contributed by atoms with E-state index >= 15 is 0 Å². The lowest BCUT2D eigenvalue weighted by Crippen LogP contribution is -1.68. The number of nitrogens with zero attached hydrogens (tertiary/aromatic N) is 2. The molecule has 0 fully saturated rings. The fourth-order valence-corrected chi connectivity index (χ4v) is 1.17. The number of aromatic nitrogens is 4. The van der Waals surface area contributed by atoms with Crippen LogP contribution < -0.4 is 0 Å². The van der Waals surface area contributed by atoms with E-state index in [1.54, 1.807) is 36.5 Å². The van der Waals surface area contributed by atoms with Crippen LogP contribution in [0, 0.1) is 0 Å². The second-order valence-corrected chi connectivity index (χ2v) is 3.02. The molecule has 0 aliphatic heterocycles. The standard InChI is InChI=1S/C6H5N3O.C4H5NO/c10-5-3-1-2-4-6(5)8-9-7-4;6-4-2-1-3-5-4/h1-3,10H,(H,7,8,9);1-3,5-6H. The number of para-hydroxylation sites is 1. The number of nitrogens with one attached hydrogen (secondary N) is 2. The Bertz CT molecular complexity index is 559. The number of hydrogen-bond donors (Lipinski definition) is 4. The molecular formula is C10H10N4O2. The molecule has 0 saturated carbocycles. The van der Waals surface area contributed by atoms with Gasteiger partial charge in [-0.25, -0.2) is 0 Å². The van der Waals surface area contributed by atoms with Crippen molar-refractivity contribution >= 4 is 11.0 Å². The minimum Gasteiger partial charge on any atom is -0.506 e. The number of H-pyrrole nitrogens is 2. The molecule has 0 amide bonds. The van der Waals surface area contributed by atoms with Crippen molar-refractivity contribution < 1.29 is 10.2 Å². The van der Waals surface area contributed by atoms with Crippen molar-refractivity contribution in [3.8, 4) is 11.6 Å². The van der Waals surface area contributed by atoms with Crippen LogP contribution in [0.15, 0.2) is 36.5 Å². The minimum absolute atomic E-state index is 0.159. The zero-order chi connectivity index (χ0) is 11.4. The predicted molar refractivity (Wildman–Crippen MR) is 58.0 cm³/mol. The van der Waals surface area contributed by atoms with Gasteiger partial charge < -0.3 is 15.2 Å². The first-order valence-corrected chi connectivity index (χ1v) is 4.58. The van der Waals surface area contributed by atoms with Gasteiger partial charge in [-0.05, 0) is 24.3 Å². The van der Waals surface area contributed by atoms with Crippen molar-refractivity contribution in [3.05, 3.63) is 36.5 Å². The van der Waals surface area contributed by atoms with Crippen LogP contribution >= 0.6 is 0 Å². The Morgan fingerprint density at radius 1 is 1.00 bits per heavy atom. The van der Waals surface area contributed by atoms with Crippen LogP contribution in [0.3, 0.4) is 0 Å².